The Kier molecular flexibility index (Phi) is 6.77. The van der Waals surface area contributed by atoms with E-state index in [1.54, 1.807) is 6.92 Å². The fraction of sp³-hybridized carbons (Fsp3) is 0.538. The molecule has 2 aliphatic rings. The SMILES string of the molecule is CC(=O)N1CCN(c2nc(NC(C)Cc3ccc(C)cc3C)c3c(n2)C(=O)N(C(C)C)C3)CC1. The van der Waals surface area contributed by atoms with E-state index in [-0.39, 0.29) is 23.9 Å². The highest BCUT2D eigenvalue weighted by Crippen LogP contribution is 2.31. The summed E-state index contributed by atoms with van der Waals surface area (Å²) in [5, 5.41) is 3.60. The Hall–Kier alpha value is -3.16. The topological polar surface area (TPSA) is 81.7 Å². The van der Waals surface area contributed by atoms with Gasteiger partial charge in [-0.05, 0) is 52.2 Å². The summed E-state index contributed by atoms with van der Waals surface area (Å²) < 4.78 is 0. The number of aromatic nitrogens is 2. The Balaban J connectivity index is 1.61. The van der Waals surface area contributed by atoms with E-state index in [0.717, 1.165) is 17.8 Å². The van der Waals surface area contributed by atoms with E-state index in [1.165, 1.54) is 16.7 Å². The second-order valence-electron chi connectivity index (χ2n) is 9.90. The smallest absolute Gasteiger partial charge is 0.273 e. The molecule has 1 aromatic carbocycles. The van der Waals surface area contributed by atoms with Gasteiger partial charge in [-0.15, -0.1) is 0 Å². The number of fused-ring (bicyclic) bond motifs is 1. The van der Waals surface area contributed by atoms with E-state index >= 15 is 0 Å². The third-order valence-electron chi connectivity index (χ3n) is 6.83. The molecule has 1 fully saturated rings. The molecule has 2 aromatic rings. The van der Waals surface area contributed by atoms with Crippen LogP contribution in [0.25, 0.3) is 0 Å². The second kappa shape index (κ2) is 9.60. The molecule has 1 atom stereocenters. The van der Waals surface area contributed by atoms with E-state index in [9.17, 15) is 9.59 Å². The van der Waals surface area contributed by atoms with Gasteiger partial charge in [-0.3, -0.25) is 9.59 Å². The minimum Gasteiger partial charge on any atom is -0.367 e. The molecule has 0 spiro atoms. The largest absolute Gasteiger partial charge is 0.367 e. The van der Waals surface area contributed by atoms with Crippen molar-refractivity contribution in [2.75, 3.05) is 36.4 Å². The van der Waals surface area contributed by atoms with Crippen molar-refractivity contribution in [3.63, 3.8) is 0 Å². The highest BCUT2D eigenvalue weighted by atomic mass is 16.2. The van der Waals surface area contributed by atoms with E-state index in [1.807, 2.05) is 23.6 Å². The Labute approximate surface area is 202 Å². The maximum atomic E-state index is 13.2. The van der Waals surface area contributed by atoms with Gasteiger partial charge in [0.1, 0.15) is 11.5 Å². The molecule has 1 saturated heterocycles. The van der Waals surface area contributed by atoms with Crippen molar-refractivity contribution in [2.24, 2.45) is 0 Å². The molecule has 1 aromatic heterocycles. The maximum Gasteiger partial charge on any atom is 0.273 e. The van der Waals surface area contributed by atoms with E-state index < -0.39 is 0 Å². The summed E-state index contributed by atoms with van der Waals surface area (Å²) in [4.78, 5) is 40.3. The first-order chi connectivity index (χ1) is 16.1. The van der Waals surface area contributed by atoms with E-state index in [2.05, 4.69) is 49.2 Å². The molecule has 0 saturated carbocycles. The molecular weight excluding hydrogens is 428 g/mol. The lowest BCUT2D eigenvalue weighted by Crippen LogP contribution is -2.48. The number of hydrogen-bond donors (Lipinski definition) is 1. The molecule has 2 amide bonds. The number of benzene rings is 1. The Morgan fingerprint density at radius 3 is 2.41 bits per heavy atom. The third-order valence-corrected chi connectivity index (χ3v) is 6.83. The first-order valence-corrected chi connectivity index (χ1v) is 12.2. The maximum absolute atomic E-state index is 13.2. The average molecular weight is 465 g/mol. The van der Waals surface area contributed by atoms with Gasteiger partial charge < -0.3 is 20.0 Å². The van der Waals surface area contributed by atoms with E-state index in [0.29, 0.717) is 44.4 Å². The first kappa shape index (κ1) is 24.0. The molecule has 0 bridgehead atoms. The van der Waals surface area contributed by atoms with Crippen LogP contribution in [-0.2, 0) is 17.8 Å². The van der Waals surface area contributed by atoms with Crippen molar-refractivity contribution < 1.29 is 9.59 Å². The molecule has 8 nitrogen and oxygen atoms in total. The van der Waals surface area contributed by atoms with Gasteiger partial charge >= 0.3 is 0 Å². The van der Waals surface area contributed by atoms with Crippen LogP contribution in [0.5, 0.6) is 0 Å². The van der Waals surface area contributed by atoms with Crippen LogP contribution >= 0.6 is 0 Å². The van der Waals surface area contributed by atoms with Crippen molar-refractivity contribution in [3.05, 3.63) is 46.1 Å². The predicted octanol–water partition coefficient (Wildman–Crippen LogP) is 3.17. The van der Waals surface area contributed by atoms with Crippen LogP contribution in [0.4, 0.5) is 11.8 Å². The van der Waals surface area contributed by atoms with Crippen LogP contribution in [0.3, 0.4) is 0 Å². The summed E-state index contributed by atoms with van der Waals surface area (Å²) in [6.07, 6.45) is 0.860. The average Bonchev–Trinajstić information content (AvgIpc) is 3.13. The molecule has 1 N–H and O–H groups in total. The number of carbonyl (C=O) groups excluding carboxylic acids is 2. The number of piperazine rings is 1. The summed E-state index contributed by atoms with van der Waals surface area (Å²) in [7, 11) is 0. The summed E-state index contributed by atoms with van der Waals surface area (Å²) in [6, 6.07) is 6.77. The zero-order valence-corrected chi connectivity index (χ0v) is 21.2. The first-order valence-electron chi connectivity index (χ1n) is 12.2. The predicted molar refractivity (Wildman–Crippen MR) is 134 cm³/mol. The molecular formula is C26H36N6O2. The van der Waals surface area contributed by atoms with Crippen molar-refractivity contribution in [3.8, 4) is 0 Å². The lowest BCUT2D eigenvalue weighted by atomic mass is 10.00. The number of carbonyl (C=O) groups is 2. The van der Waals surface area contributed by atoms with Gasteiger partial charge in [-0.25, -0.2) is 4.98 Å². The van der Waals surface area contributed by atoms with Crippen molar-refractivity contribution in [1.29, 1.82) is 0 Å². The fourth-order valence-corrected chi connectivity index (χ4v) is 4.77. The van der Waals surface area contributed by atoms with Crippen LogP contribution in [0, 0.1) is 13.8 Å². The van der Waals surface area contributed by atoms with Crippen molar-refractivity contribution in [2.45, 2.75) is 66.6 Å². The molecule has 3 heterocycles. The Morgan fingerprint density at radius 2 is 1.79 bits per heavy atom. The fourth-order valence-electron chi connectivity index (χ4n) is 4.77. The quantitative estimate of drug-likeness (QED) is 0.707. The van der Waals surface area contributed by atoms with Crippen molar-refractivity contribution >= 4 is 23.6 Å². The summed E-state index contributed by atoms with van der Waals surface area (Å²) >= 11 is 0. The second-order valence-corrected chi connectivity index (χ2v) is 9.90. The zero-order valence-electron chi connectivity index (χ0n) is 21.2. The molecule has 0 radical (unpaired) electrons. The number of amides is 2. The Bertz CT molecular complexity index is 1090. The highest BCUT2D eigenvalue weighted by Gasteiger charge is 2.35. The van der Waals surface area contributed by atoms with Crippen LogP contribution in [0.1, 0.15) is 60.4 Å². The minimum atomic E-state index is -0.0406. The lowest BCUT2D eigenvalue weighted by Gasteiger charge is -2.34. The van der Waals surface area contributed by atoms with Crippen LogP contribution in [0.15, 0.2) is 18.2 Å². The van der Waals surface area contributed by atoms with Crippen LogP contribution in [-0.4, -0.2) is 69.8 Å². The number of aryl methyl sites for hydroxylation is 2. The van der Waals surface area contributed by atoms with Gasteiger partial charge in [0.25, 0.3) is 5.91 Å². The molecule has 8 heteroatoms. The van der Waals surface area contributed by atoms with Gasteiger partial charge in [-0.1, -0.05) is 23.8 Å². The molecule has 182 valence electrons. The van der Waals surface area contributed by atoms with Gasteiger partial charge in [0.2, 0.25) is 11.9 Å². The van der Waals surface area contributed by atoms with Crippen LogP contribution in [0.2, 0.25) is 0 Å². The number of nitrogens with one attached hydrogen (secondary N) is 1. The minimum absolute atomic E-state index is 0.0406. The molecule has 2 aliphatic heterocycles. The monoisotopic (exact) mass is 464 g/mol. The number of hydrogen-bond acceptors (Lipinski definition) is 6. The lowest BCUT2D eigenvalue weighted by molar-refractivity contribution is -0.129. The Morgan fingerprint density at radius 1 is 1.09 bits per heavy atom. The normalized spacial score (nSPS) is 16.8. The molecule has 34 heavy (non-hydrogen) atoms. The number of nitrogens with zero attached hydrogens (tertiary/aromatic N) is 5. The number of anilines is 2. The summed E-state index contributed by atoms with van der Waals surface area (Å²) in [5.74, 6) is 1.34. The van der Waals surface area contributed by atoms with Crippen LogP contribution < -0.4 is 10.2 Å². The standard InChI is InChI=1S/C26H36N6O2/c1-16(2)32-15-22-23(25(32)34)28-26(31-11-9-30(10-12-31)20(6)33)29-24(22)27-19(5)14-21-8-7-17(3)13-18(21)4/h7-8,13,16,19H,9-12,14-15H2,1-6H3,(H,27,28,29). The molecule has 1 unspecified atom stereocenters. The van der Waals surface area contributed by atoms with Gasteiger partial charge in [0.15, 0.2) is 0 Å². The summed E-state index contributed by atoms with van der Waals surface area (Å²) in [6.45, 7) is 15.1. The zero-order chi connectivity index (χ0) is 24.6. The highest BCUT2D eigenvalue weighted by molar-refractivity contribution is 5.98. The number of rotatable bonds is 6. The van der Waals surface area contributed by atoms with Gasteiger partial charge in [0, 0.05) is 50.7 Å². The van der Waals surface area contributed by atoms with Gasteiger partial charge in [0.05, 0.1) is 6.54 Å². The molecule has 4 rings (SSSR count). The van der Waals surface area contributed by atoms with E-state index in [4.69, 9.17) is 9.97 Å². The summed E-state index contributed by atoms with van der Waals surface area (Å²) in [5.41, 5.74) is 5.21. The third kappa shape index (κ3) is 4.86. The molecule has 0 aliphatic carbocycles. The van der Waals surface area contributed by atoms with Crippen molar-refractivity contribution in [1.82, 2.24) is 19.8 Å². The van der Waals surface area contributed by atoms with Gasteiger partial charge in [-0.2, -0.15) is 4.98 Å².